The molecule has 0 unspecified atom stereocenters. The normalized spacial score (nSPS) is 15.8. The monoisotopic (exact) mass is 499 g/mol. The number of hydrogen-bond donors (Lipinski definition) is 1. The molecule has 0 atom stereocenters. The fourth-order valence-electron chi connectivity index (χ4n) is 3.81. The van der Waals surface area contributed by atoms with Gasteiger partial charge in [0.25, 0.3) is 0 Å². The second kappa shape index (κ2) is 8.30. The summed E-state index contributed by atoms with van der Waals surface area (Å²) in [6.45, 7) is 6.00. The van der Waals surface area contributed by atoms with Crippen molar-refractivity contribution >= 4 is 29.2 Å². The van der Waals surface area contributed by atoms with Crippen LogP contribution in [0.1, 0.15) is 32.0 Å². The molecule has 1 saturated heterocycles. The van der Waals surface area contributed by atoms with Crippen LogP contribution in [-0.4, -0.2) is 50.8 Å². The van der Waals surface area contributed by atoms with Gasteiger partial charge in [-0.2, -0.15) is 22.8 Å². The van der Waals surface area contributed by atoms with Crippen LogP contribution in [0.25, 0.3) is 5.65 Å². The van der Waals surface area contributed by atoms with Gasteiger partial charge in [0.2, 0.25) is 0 Å². The van der Waals surface area contributed by atoms with Crippen LogP contribution < -0.4 is 5.32 Å². The molecular weight excluding hydrogens is 478 g/mol. The first kappa shape index (κ1) is 24.1. The third kappa shape index (κ3) is 4.89. The largest absolute Gasteiger partial charge is 0.444 e. The van der Waals surface area contributed by atoms with Crippen LogP contribution >= 0.6 is 11.6 Å². The molecular formula is C22H22ClF4N5O2. The molecule has 3 heterocycles. The molecule has 1 aliphatic heterocycles. The summed E-state index contributed by atoms with van der Waals surface area (Å²) in [6.07, 6.45) is -5.13. The van der Waals surface area contributed by atoms with E-state index < -0.39 is 34.8 Å². The molecule has 1 amide bonds. The van der Waals surface area contributed by atoms with Gasteiger partial charge in [-0.3, -0.25) is 0 Å². The molecule has 2 aromatic heterocycles. The summed E-state index contributed by atoms with van der Waals surface area (Å²) >= 11 is 6.02. The topological polar surface area (TPSA) is 71.8 Å². The fourth-order valence-corrected chi connectivity index (χ4v) is 4.00. The summed E-state index contributed by atoms with van der Waals surface area (Å²) in [7, 11) is 0. The number of ether oxygens (including phenoxy) is 1. The summed E-state index contributed by atoms with van der Waals surface area (Å²) in [5.74, 6) is -0.211. The molecule has 0 spiro atoms. The molecule has 7 nitrogen and oxygen atoms in total. The Morgan fingerprint density at radius 3 is 2.41 bits per heavy atom. The van der Waals surface area contributed by atoms with E-state index in [-0.39, 0.29) is 36.3 Å². The van der Waals surface area contributed by atoms with Crippen LogP contribution in [0, 0.1) is 5.82 Å². The number of fused-ring (bicyclic) bond motifs is 1. The number of hydrogen-bond acceptors (Lipinski definition) is 5. The molecule has 0 radical (unpaired) electrons. The van der Waals surface area contributed by atoms with Gasteiger partial charge in [0.05, 0.1) is 0 Å². The maximum atomic E-state index is 13.5. The minimum absolute atomic E-state index is 0.0107. The predicted molar refractivity (Wildman–Crippen MR) is 117 cm³/mol. The fraction of sp³-hybridized carbons (Fsp3) is 0.409. The summed E-state index contributed by atoms with van der Waals surface area (Å²) in [5, 5.41) is 6.69. The Hall–Kier alpha value is -3.08. The maximum Gasteiger partial charge on any atom is 0.435 e. The molecule has 0 aliphatic carbocycles. The molecule has 3 aromatic rings. The lowest BCUT2D eigenvalue weighted by Crippen LogP contribution is -2.64. The number of likely N-dealkylation sites (tertiary alicyclic amines) is 1. The van der Waals surface area contributed by atoms with E-state index in [4.69, 9.17) is 16.3 Å². The zero-order chi connectivity index (χ0) is 24.9. The Bertz CT molecular complexity index is 1210. The molecule has 1 aliphatic rings. The molecule has 1 N–H and O–H groups in total. The van der Waals surface area contributed by atoms with E-state index in [9.17, 15) is 22.4 Å². The highest BCUT2D eigenvalue weighted by atomic mass is 35.5. The van der Waals surface area contributed by atoms with Crippen LogP contribution in [-0.2, 0) is 16.3 Å². The molecule has 12 heteroatoms. The Morgan fingerprint density at radius 2 is 1.82 bits per heavy atom. The molecule has 34 heavy (non-hydrogen) atoms. The average molecular weight is 500 g/mol. The van der Waals surface area contributed by atoms with Gasteiger partial charge >= 0.3 is 12.3 Å². The zero-order valence-electron chi connectivity index (χ0n) is 18.6. The Morgan fingerprint density at radius 1 is 1.18 bits per heavy atom. The summed E-state index contributed by atoms with van der Waals surface area (Å²) in [5.41, 5.74) is -1.72. The van der Waals surface area contributed by atoms with Gasteiger partial charge < -0.3 is 15.0 Å². The van der Waals surface area contributed by atoms with Crippen molar-refractivity contribution in [2.75, 3.05) is 25.0 Å². The van der Waals surface area contributed by atoms with Gasteiger partial charge in [0.15, 0.2) is 11.3 Å². The highest BCUT2D eigenvalue weighted by Crippen LogP contribution is 2.37. The van der Waals surface area contributed by atoms with Crippen molar-refractivity contribution in [2.45, 2.75) is 38.0 Å². The van der Waals surface area contributed by atoms with Crippen LogP contribution in [0.5, 0.6) is 0 Å². The molecule has 1 aromatic carbocycles. The van der Waals surface area contributed by atoms with Crippen LogP contribution in [0.2, 0.25) is 5.15 Å². The molecule has 4 rings (SSSR count). The van der Waals surface area contributed by atoms with Crippen molar-refractivity contribution in [2.24, 2.45) is 0 Å². The molecule has 0 saturated carbocycles. The third-order valence-corrected chi connectivity index (χ3v) is 5.58. The van der Waals surface area contributed by atoms with Crippen molar-refractivity contribution in [3.8, 4) is 0 Å². The SMILES string of the molecule is CC(C)(C)OC(=O)N1CC(CNc2cc(Cl)nc3cc(C(F)(F)F)nn23)(c2ccc(F)cc2)C1. The van der Waals surface area contributed by atoms with Gasteiger partial charge in [-0.1, -0.05) is 23.7 Å². The smallest absolute Gasteiger partial charge is 0.435 e. The molecule has 0 bridgehead atoms. The van der Waals surface area contributed by atoms with Gasteiger partial charge in [-0.25, -0.2) is 14.2 Å². The van der Waals surface area contributed by atoms with Gasteiger partial charge in [-0.05, 0) is 38.5 Å². The first-order valence-corrected chi connectivity index (χ1v) is 10.7. The van der Waals surface area contributed by atoms with E-state index in [0.29, 0.717) is 0 Å². The van der Waals surface area contributed by atoms with Crippen molar-refractivity contribution in [1.29, 1.82) is 0 Å². The molecule has 1 fully saturated rings. The number of rotatable bonds is 4. The first-order valence-electron chi connectivity index (χ1n) is 10.4. The lowest BCUT2D eigenvalue weighted by atomic mass is 9.73. The standard InChI is InChI=1S/C22H22ClF4N5O2/c1-20(2,3)34-19(33)31-11-21(12-31,13-4-6-14(24)7-5-13)10-28-17-9-16(23)29-18-8-15(22(25,26)27)30-32(17)18/h4-9,28H,10-12H2,1-3H3. The Kier molecular flexibility index (Phi) is 5.87. The second-order valence-corrected chi connectivity index (χ2v) is 9.63. The minimum atomic E-state index is -4.64. The highest BCUT2D eigenvalue weighted by molar-refractivity contribution is 6.29. The molecule has 182 valence electrons. The van der Waals surface area contributed by atoms with Crippen molar-refractivity contribution in [1.82, 2.24) is 19.5 Å². The number of alkyl halides is 3. The number of halogens is 5. The van der Waals surface area contributed by atoms with Gasteiger partial charge in [-0.15, -0.1) is 0 Å². The number of nitrogens with one attached hydrogen (secondary N) is 1. The van der Waals surface area contributed by atoms with Gasteiger partial charge in [0, 0.05) is 37.2 Å². The number of benzene rings is 1. The van der Waals surface area contributed by atoms with Crippen molar-refractivity contribution in [3.05, 3.63) is 58.6 Å². The van der Waals surface area contributed by atoms with E-state index >= 15 is 0 Å². The number of carbonyl (C=O) groups is 1. The first-order chi connectivity index (χ1) is 15.8. The minimum Gasteiger partial charge on any atom is -0.444 e. The predicted octanol–water partition coefficient (Wildman–Crippen LogP) is 5.14. The summed E-state index contributed by atoms with van der Waals surface area (Å²) in [6, 6.07) is 8.04. The van der Waals surface area contributed by atoms with E-state index in [2.05, 4.69) is 15.4 Å². The number of anilines is 1. The second-order valence-electron chi connectivity index (χ2n) is 9.24. The average Bonchev–Trinajstić information content (AvgIpc) is 3.11. The quantitative estimate of drug-likeness (QED) is 0.397. The lowest BCUT2D eigenvalue weighted by molar-refractivity contribution is -0.141. The van der Waals surface area contributed by atoms with E-state index in [1.807, 2.05) is 0 Å². The van der Waals surface area contributed by atoms with Crippen molar-refractivity contribution in [3.63, 3.8) is 0 Å². The Balaban J connectivity index is 1.61. The van der Waals surface area contributed by atoms with E-state index in [0.717, 1.165) is 16.1 Å². The third-order valence-electron chi connectivity index (χ3n) is 5.39. The van der Waals surface area contributed by atoms with Crippen LogP contribution in [0.4, 0.5) is 28.2 Å². The maximum absolute atomic E-state index is 13.5. The lowest BCUT2D eigenvalue weighted by Gasteiger charge is -2.50. The zero-order valence-corrected chi connectivity index (χ0v) is 19.3. The summed E-state index contributed by atoms with van der Waals surface area (Å²) < 4.78 is 59.4. The Labute approximate surface area is 197 Å². The number of carbonyl (C=O) groups excluding carboxylic acids is 1. The van der Waals surface area contributed by atoms with Gasteiger partial charge in [0.1, 0.15) is 22.4 Å². The van der Waals surface area contributed by atoms with Crippen LogP contribution in [0.15, 0.2) is 36.4 Å². The highest BCUT2D eigenvalue weighted by Gasteiger charge is 2.48. The number of nitrogens with zero attached hydrogens (tertiary/aromatic N) is 4. The van der Waals surface area contributed by atoms with E-state index in [1.54, 1.807) is 32.9 Å². The van der Waals surface area contributed by atoms with Crippen LogP contribution in [0.3, 0.4) is 0 Å². The number of aromatic nitrogens is 3. The van der Waals surface area contributed by atoms with Crippen molar-refractivity contribution < 1.29 is 27.1 Å². The number of amides is 1. The van der Waals surface area contributed by atoms with E-state index in [1.165, 1.54) is 23.1 Å². The summed E-state index contributed by atoms with van der Waals surface area (Å²) in [4.78, 5) is 17.9.